The molecule has 3 N–H and O–H groups in total. The Bertz CT molecular complexity index is 544. The van der Waals surface area contributed by atoms with E-state index in [1.807, 2.05) is 6.92 Å². The summed E-state index contributed by atoms with van der Waals surface area (Å²) in [5, 5.41) is 0. The number of rotatable bonds is 9. The standard InChI is InChI=1S/C15H26N2O3S/c1-4-5-6-7-8-12(2)17-21(18,19)15-11-13(16)9-10-14(15)20-3/h9-12,17H,4-8,16H2,1-3H3. The summed E-state index contributed by atoms with van der Waals surface area (Å²) in [5.74, 6) is 0.301. The lowest BCUT2D eigenvalue weighted by atomic mass is 10.1. The van der Waals surface area contributed by atoms with Gasteiger partial charge in [-0.15, -0.1) is 0 Å². The second-order valence-corrected chi connectivity index (χ2v) is 6.96. The number of benzene rings is 1. The van der Waals surface area contributed by atoms with Gasteiger partial charge in [0.25, 0.3) is 0 Å². The van der Waals surface area contributed by atoms with E-state index in [-0.39, 0.29) is 10.9 Å². The largest absolute Gasteiger partial charge is 0.495 e. The minimum Gasteiger partial charge on any atom is -0.495 e. The molecule has 6 heteroatoms. The highest BCUT2D eigenvalue weighted by atomic mass is 32.2. The molecule has 0 spiro atoms. The summed E-state index contributed by atoms with van der Waals surface area (Å²) >= 11 is 0. The SMILES string of the molecule is CCCCCCC(C)NS(=O)(=O)c1cc(N)ccc1OC. The van der Waals surface area contributed by atoms with Crippen molar-refractivity contribution in [2.24, 2.45) is 0 Å². The summed E-state index contributed by atoms with van der Waals surface area (Å²) in [5.41, 5.74) is 6.07. The Hall–Kier alpha value is -1.27. The van der Waals surface area contributed by atoms with E-state index < -0.39 is 10.0 Å². The van der Waals surface area contributed by atoms with Crippen LogP contribution in [0.4, 0.5) is 5.69 Å². The van der Waals surface area contributed by atoms with Crippen LogP contribution in [-0.2, 0) is 10.0 Å². The van der Waals surface area contributed by atoms with Crippen LogP contribution in [0.3, 0.4) is 0 Å². The van der Waals surface area contributed by atoms with Gasteiger partial charge in [0.15, 0.2) is 0 Å². The first-order valence-corrected chi connectivity index (χ1v) is 8.85. The second-order valence-electron chi connectivity index (χ2n) is 5.28. The average Bonchev–Trinajstić information content (AvgIpc) is 2.43. The van der Waals surface area contributed by atoms with Crippen LogP contribution in [0.15, 0.2) is 23.1 Å². The van der Waals surface area contributed by atoms with Crippen molar-refractivity contribution in [2.45, 2.75) is 56.9 Å². The van der Waals surface area contributed by atoms with E-state index in [4.69, 9.17) is 10.5 Å². The molecule has 0 amide bonds. The molecule has 1 unspecified atom stereocenters. The molecule has 1 aromatic rings. The van der Waals surface area contributed by atoms with E-state index >= 15 is 0 Å². The van der Waals surface area contributed by atoms with Gasteiger partial charge in [0.1, 0.15) is 10.6 Å². The molecular weight excluding hydrogens is 288 g/mol. The number of unbranched alkanes of at least 4 members (excludes halogenated alkanes) is 3. The molecule has 0 heterocycles. The van der Waals surface area contributed by atoms with Gasteiger partial charge in [-0.25, -0.2) is 13.1 Å². The van der Waals surface area contributed by atoms with E-state index in [0.29, 0.717) is 11.4 Å². The van der Waals surface area contributed by atoms with Crippen LogP contribution in [0.1, 0.15) is 46.0 Å². The van der Waals surface area contributed by atoms with Crippen molar-refractivity contribution in [1.29, 1.82) is 0 Å². The van der Waals surface area contributed by atoms with Crippen LogP contribution < -0.4 is 15.2 Å². The monoisotopic (exact) mass is 314 g/mol. The molecule has 0 bridgehead atoms. The van der Waals surface area contributed by atoms with Crippen molar-refractivity contribution < 1.29 is 13.2 Å². The van der Waals surface area contributed by atoms with Gasteiger partial charge in [0.2, 0.25) is 10.0 Å². The summed E-state index contributed by atoms with van der Waals surface area (Å²) in [7, 11) is -2.18. The number of sulfonamides is 1. The predicted molar refractivity (Wildman–Crippen MR) is 85.9 cm³/mol. The zero-order valence-electron chi connectivity index (χ0n) is 13.1. The van der Waals surface area contributed by atoms with Crippen molar-refractivity contribution in [1.82, 2.24) is 4.72 Å². The van der Waals surface area contributed by atoms with Crippen LogP contribution >= 0.6 is 0 Å². The summed E-state index contributed by atoms with van der Waals surface area (Å²) in [6, 6.07) is 4.49. The number of anilines is 1. The van der Waals surface area contributed by atoms with Crippen LogP contribution in [0.2, 0.25) is 0 Å². The molecule has 120 valence electrons. The molecule has 5 nitrogen and oxygen atoms in total. The fourth-order valence-corrected chi connectivity index (χ4v) is 3.65. The molecule has 0 fully saturated rings. The molecule has 1 aromatic carbocycles. The van der Waals surface area contributed by atoms with Crippen LogP contribution in [0.25, 0.3) is 0 Å². The third kappa shape index (κ3) is 5.55. The normalized spacial score (nSPS) is 13.1. The molecule has 0 aliphatic rings. The quantitative estimate of drug-likeness (QED) is 0.542. The third-order valence-electron chi connectivity index (χ3n) is 3.32. The molecule has 21 heavy (non-hydrogen) atoms. The number of nitrogens with one attached hydrogen (secondary N) is 1. The highest BCUT2D eigenvalue weighted by molar-refractivity contribution is 7.89. The number of ether oxygens (including phenoxy) is 1. The Labute approximate surface area is 127 Å². The summed E-state index contributed by atoms with van der Waals surface area (Å²) in [4.78, 5) is 0.0883. The topological polar surface area (TPSA) is 81.4 Å². The maximum absolute atomic E-state index is 12.4. The summed E-state index contributed by atoms with van der Waals surface area (Å²) in [6.07, 6.45) is 5.32. The maximum Gasteiger partial charge on any atom is 0.244 e. The highest BCUT2D eigenvalue weighted by Crippen LogP contribution is 2.26. The number of nitrogen functional groups attached to an aromatic ring is 1. The molecule has 0 radical (unpaired) electrons. The number of hydrogen-bond acceptors (Lipinski definition) is 4. The van der Waals surface area contributed by atoms with Crippen molar-refractivity contribution >= 4 is 15.7 Å². The predicted octanol–water partition coefficient (Wildman–Crippen LogP) is 2.91. The Morgan fingerprint density at radius 1 is 1.29 bits per heavy atom. The number of methoxy groups -OCH3 is 1. The smallest absolute Gasteiger partial charge is 0.244 e. The molecule has 1 atom stereocenters. The summed E-state index contributed by atoms with van der Waals surface area (Å²) in [6.45, 7) is 4.03. The van der Waals surface area contributed by atoms with Crippen LogP contribution in [0, 0.1) is 0 Å². The summed E-state index contributed by atoms with van der Waals surface area (Å²) < 4.78 is 32.6. The number of nitrogens with two attached hydrogens (primary N) is 1. The zero-order valence-corrected chi connectivity index (χ0v) is 13.9. The third-order valence-corrected chi connectivity index (χ3v) is 4.93. The average molecular weight is 314 g/mol. The fraction of sp³-hybridized carbons (Fsp3) is 0.600. The van der Waals surface area contributed by atoms with Gasteiger partial charge in [0, 0.05) is 11.7 Å². The van der Waals surface area contributed by atoms with Gasteiger partial charge in [0.05, 0.1) is 7.11 Å². The van der Waals surface area contributed by atoms with E-state index in [2.05, 4.69) is 11.6 Å². The molecule has 0 saturated heterocycles. The molecule has 0 aromatic heterocycles. The Balaban J connectivity index is 2.75. The molecule has 0 aliphatic heterocycles. The molecular formula is C15H26N2O3S. The lowest BCUT2D eigenvalue weighted by Crippen LogP contribution is -2.32. The Morgan fingerprint density at radius 2 is 2.00 bits per heavy atom. The van der Waals surface area contributed by atoms with Gasteiger partial charge >= 0.3 is 0 Å². The van der Waals surface area contributed by atoms with Crippen molar-refractivity contribution in [3.63, 3.8) is 0 Å². The number of hydrogen-bond donors (Lipinski definition) is 2. The van der Waals surface area contributed by atoms with Crippen LogP contribution in [0.5, 0.6) is 5.75 Å². The molecule has 0 saturated carbocycles. The van der Waals surface area contributed by atoms with Gasteiger partial charge in [-0.1, -0.05) is 32.6 Å². The fourth-order valence-electron chi connectivity index (χ4n) is 2.17. The highest BCUT2D eigenvalue weighted by Gasteiger charge is 2.21. The van der Waals surface area contributed by atoms with Gasteiger partial charge < -0.3 is 10.5 Å². The molecule has 0 aliphatic carbocycles. The minimum atomic E-state index is -3.62. The minimum absolute atomic E-state index is 0.0883. The second kappa shape index (κ2) is 8.24. The Morgan fingerprint density at radius 3 is 2.62 bits per heavy atom. The maximum atomic E-state index is 12.4. The van der Waals surface area contributed by atoms with E-state index in [1.54, 1.807) is 12.1 Å². The zero-order chi connectivity index (χ0) is 15.9. The Kier molecular flexibility index (Phi) is 6.98. The van der Waals surface area contributed by atoms with Crippen molar-refractivity contribution in [2.75, 3.05) is 12.8 Å². The van der Waals surface area contributed by atoms with E-state index in [1.165, 1.54) is 26.0 Å². The van der Waals surface area contributed by atoms with E-state index in [0.717, 1.165) is 19.3 Å². The first-order chi connectivity index (χ1) is 9.90. The van der Waals surface area contributed by atoms with Gasteiger partial charge in [-0.2, -0.15) is 0 Å². The molecule has 1 rings (SSSR count). The first kappa shape index (κ1) is 17.8. The van der Waals surface area contributed by atoms with Gasteiger partial charge in [-0.3, -0.25) is 0 Å². The first-order valence-electron chi connectivity index (χ1n) is 7.36. The van der Waals surface area contributed by atoms with Crippen LogP contribution in [-0.4, -0.2) is 21.6 Å². The lowest BCUT2D eigenvalue weighted by Gasteiger charge is -2.16. The van der Waals surface area contributed by atoms with Crippen molar-refractivity contribution in [3.05, 3.63) is 18.2 Å². The van der Waals surface area contributed by atoms with Crippen molar-refractivity contribution in [3.8, 4) is 5.75 Å². The lowest BCUT2D eigenvalue weighted by molar-refractivity contribution is 0.402. The van der Waals surface area contributed by atoms with Gasteiger partial charge in [-0.05, 0) is 31.5 Å². The van der Waals surface area contributed by atoms with E-state index in [9.17, 15) is 8.42 Å².